The van der Waals surface area contributed by atoms with Crippen LogP contribution in [0, 0.1) is 17.1 Å². The molecule has 0 unspecified atom stereocenters. The molecule has 3 rings (SSSR count). The number of halogens is 1. The van der Waals surface area contributed by atoms with E-state index in [1.165, 1.54) is 23.5 Å². The summed E-state index contributed by atoms with van der Waals surface area (Å²) in [5, 5.41) is 12.2. The molecule has 22 heavy (non-hydrogen) atoms. The Balaban J connectivity index is 1.81. The molecule has 0 amide bonds. The molecular weight excluding hydrogens is 295 g/mol. The number of nitrogens with zero attached hydrogens (tertiary/aromatic N) is 2. The highest BCUT2D eigenvalue weighted by molar-refractivity contribution is 7.10. The van der Waals surface area contributed by atoms with Gasteiger partial charge in [0, 0.05) is 10.9 Å². The smallest absolute Gasteiger partial charge is 0.123 e. The van der Waals surface area contributed by atoms with Crippen molar-refractivity contribution < 1.29 is 4.39 Å². The molecule has 0 saturated carbocycles. The third kappa shape index (κ3) is 3.21. The molecule has 0 radical (unpaired) electrons. The molecular formula is C18H13FN2S. The lowest BCUT2D eigenvalue weighted by Crippen LogP contribution is -2.00. The monoisotopic (exact) mass is 308 g/mol. The second kappa shape index (κ2) is 6.50. The molecule has 0 saturated heterocycles. The van der Waals surface area contributed by atoms with Gasteiger partial charge in [-0.05, 0) is 24.1 Å². The van der Waals surface area contributed by atoms with E-state index in [4.69, 9.17) is 0 Å². The Hall–Kier alpha value is -2.51. The second-order valence-corrected chi connectivity index (χ2v) is 5.84. The lowest BCUT2D eigenvalue weighted by atomic mass is 10.0. The van der Waals surface area contributed by atoms with Crippen molar-refractivity contribution in [2.45, 2.75) is 12.3 Å². The van der Waals surface area contributed by atoms with Gasteiger partial charge in [0.2, 0.25) is 0 Å². The predicted octanol–water partition coefficient (Wildman–Crippen LogP) is 4.80. The standard InChI is InChI=1S/C18H13FN2S/c19-16-8-6-13(7-9-16)10-15(11-20)18-21-17(12-22-18)14-4-2-1-3-5-14/h1-9,12,15H,10H2/t15-/m1/s1. The Morgan fingerprint density at radius 3 is 2.50 bits per heavy atom. The molecule has 0 fully saturated rings. The normalized spacial score (nSPS) is 11.8. The van der Waals surface area contributed by atoms with Crippen molar-refractivity contribution in [1.29, 1.82) is 5.26 Å². The van der Waals surface area contributed by atoms with Gasteiger partial charge < -0.3 is 0 Å². The molecule has 0 aliphatic carbocycles. The van der Waals surface area contributed by atoms with Crippen LogP contribution in [0.2, 0.25) is 0 Å². The van der Waals surface area contributed by atoms with Gasteiger partial charge in [0.05, 0.1) is 11.8 Å². The third-order valence-corrected chi connectivity index (χ3v) is 4.36. The summed E-state index contributed by atoms with van der Waals surface area (Å²) in [6, 6.07) is 18.5. The molecule has 4 heteroatoms. The van der Waals surface area contributed by atoms with Crippen molar-refractivity contribution in [2.75, 3.05) is 0 Å². The van der Waals surface area contributed by atoms with Crippen molar-refractivity contribution in [3.63, 3.8) is 0 Å². The average Bonchev–Trinajstić information content (AvgIpc) is 3.05. The minimum atomic E-state index is -0.312. The summed E-state index contributed by atoms with van der Waals surface area (Å²) in [7, 11) is 0. The molecule has 1 aromatic heterocycles. The zero-order valence-electron chi connectivity index (χ0n) is 11.7. The number of rotatable bonds is 4. The van der Waals surface area contributed by atoms with E-state index in [1.54, 1.807) is 12.1 Å². The fraction of sp³-hybridized carbons (Fsp3) is 0.111. The van der Waals surface area contributed by atoms with Crippen LogP contribution in [0.5, 0.6) is 0 Å². The Morgan fingerprint density at radius 1 is 1.09 bits per heavy atom. The molecule has 0 bridgehead atoms. The molecule has 0 aliphatic rings. The first-order valence-electron chi connectivity index (χ1n) is 6.91. The van der Waals surface area contributed by atoms with Crippen molar-refractivity contribution >= 4 is 11.3 Å². The fourth-order valence-electron chi connectivity index (χ4n) is 2.23. The Kier molecular flexibility index (Phi) is 4.27. The highest BCUT2D eigenvalue weighted by Gasteiger charge is 2.16. The summed E-state index contributed by atoms with van der Waals surface area (Å²) in [5.41, 5.74) is 2.87. The number of aromatic nitrogens is 1. The number of hydrogen-bond donors (Lipinski definition) is 0. The lowest BCUT2D eigenvalue weighted by Gasteiger charge is -2.06. The van der Waals surface area contributed by atoms with Crippen LogP contribution >= 0.6 is 11.3 Å². The van der Waals surface area contributed by atoms with Gasteiger partial charge in [-0.3, -0.25) is 0 Å². The van der Waals surface area contributed by atoms with E-state index in [1.807, 2.05) is 35.7 Å². The van der Waals surface area contributed by atoms with Crippen LogP contribution in [0.15, 0.2) is 60.0 Å². The lowest BCUT2D eigenvalue weighted by molar-refractivity contribution is 0.626. The first kappa shape index (κ1) is 14.4. The van der Waals surface area contributed by atoms with Crippen LogP contribution in [0.25, 0.3) is 11.3 Å². The summed E-state index contributed by atoms with van der Waals surface area (Å²) in [6.07, 6.45) is 0.540. The van der Waals surface area contributed by atoms with Crippen molar-refractivity contribution in [3.8, 4) is 17.3 Å². The van der Waals surface area contributed by atoms with Crippen molar-refractivity contribution in [2.24, 2.45) is 0 Å². The van der Waals surface area contributed by atoms with Gasteiger partial charge >= 0.3 is 0 Å². The van der Waals surface area contributed by atoms with Gasteiger partial charge in [0.1, 0.15) is 16.7 Å². The maximum atomic E-state index is 12.9. The van der Waals surface area contributed by atoms with E-state index in [2.05, 4.69) is 11.1 Å². The van der Waals surface area contributed by atoms with E-state index in [0.717, 1.165) is 21.8 Å². The van der Waals surface area contributed by atoms with Crippen LogP contribution in [0.4, 0.5) is 4.39 Å². The van der Waals surface area contributed by atoms with Crippen LogP contribution in [0.1, 0.15) is 16.5 Å². The maximum absolute atomic E-state index is 12.9. The first-order valence-corrected chi connectivity index (χ1v) is 7.79. The van der Waals surface area contributed by atoms with Crippen LogP contribution in [-0.4, -0.2) is 4.98 Å². The van der Waals surface area contributed by atoms with Crippen LogP contribution in [-0.2, 0) is 6.42 Å². The minimum Gasteiger partial charge on any atom is -0.240 e. The SMILES string of the molecule is N#C[C@@H](Cc1ccc(F)cc1)c1nc(-c2ccccc2)cs1. The number of thiazole rings is 1. The fourth-order valence-corrected chi connectivity index (χ4v) is 3.11. The average molecular weight is 308 g/mol. The van der Waals surface area contributed by atoms with Gasteiger partial charge in [-0.2, -0.15) is 5.26 Å². The molecule has 1 heterocycles. The zero-order chi connectivity index (χ0) is 15.4. The van der Waals surface area contributed by atoms with Crippen molar-refractivity contribution in [1.82, 2.24) is 4.98 Å². The number of nitriles is 1. The molecule has 2 nitrogen and oxygen atoms in total. The summed E-state index contributed by atoms with van der Waals surface area (Å²) < 4.78 is 12.9. The van der Waals surface area contributed by atoms with E-state index >= 15 is 0 Å². The largest absolute Gasteiger partial charge is 0.240 e. The zero-order valence-corrected chi connectivity index (χ0v) is 12.6. The number of benzene rings is 2. The van der Waals surface area contributed by atoms with Gasteiger partial charge in [-0.15, -0.1) is 11.3 Å². The van der Waals surface area contributed by atoms with Gasteiger partial charge in [0.25, 0.3) is 0 Å². The topological polar surface area (TPSA) is 36.7 Å². The highest BCUT2D eigenvalue weighted by atomic mass is 32.1. The molecule has 0 aliphatic heterocycles. The molecule has 0 N–H and O–H groups in total. The summed E-state index contributed by atoms with van der Waals surface area (Å²) >= 11 is 1.49. The van der Waals surface area contributed by atoms with E-state index in [-0.39, 0.29) is 11.7 Å². The van der Waals surface area contributed by atoms with Gasteiger partial charge in [-0.1, -0.05) is 42.5 Å². The van der Waals surface area contributed by atoms with Gasteiger partial charge in [0.15, 0.2) is 0 Å². The Morgan fingerprint density at radius 2 is 1.82 bits per heavy atom. The van der Waals surface area contributed by atoms with Crippen molar-refractivity contribution in [3.05, 3.63) is 76.4 Å². The van der Waals surface area contributed by atoms with Crippen LogP contribution in [0.3, 0.4) is 0 Å². The Labute approximate surface area is 132 Å². The molecule has 108 valence electrons. The van der Waals surface area contributed by atoms with Crippen LogP contribution < -0.4 is 0 Å². The van der Waals surface area contributed by atoms with Gasteiger partial charge in [-0.25, -0.2) is 9.37 Å². The molecule has 2 aromatic carbocycles. The molecule has 3 aromatic rings. The molecule has 1 atom stereocenters. The first-order chi connectivity index (χ1) is 10.8. The third-order valence-electron chi connectivity index (χ3n) is 3.40. The summed E-state index contributed by atoms with van der Waals surface area (Å²) in [4.78, 5) is 4.59. The maximum Gasteiger partial charge on any atom is 0.123 e. The minimum absolute atomic E-state index is 0.266. The summed E-state index contributed by atoms with van der Waals surface area (Å²) in [6.45, 7) is 0. The van der Waals surface area contributed by atoms with E-state index in [0.29, 0.717) is 6.42 Å². The van der Waals surface area contributed by atoms with E-state index < -0.39 is 0 Å². The predicted molar refractivity (Wildman–Crippen MR) is 86.0 cm³/mol. The second-order valence-electron chi connectivity index (χ2n) is 4.95. The van der Waals surface area contributed by atoms with E-state index in [9.17, 15) is 9.65 Å². The Bertz CT molecular complexity index is 788. The quantitative estimate of drug-likeness (QED) is 0.694. The summed E-state index contributed by atoms with van der Waals surface area (Å²) in [5.74, 6) is -0.578. The number of hydrogen-bond acceptors (Lipinski definition) is 3. The molecule has 0 spiro atoms. The highest BCUT2D eigenvalue weighted by Crippen LogP contribution is 2.28.